The summed E-state index contributed by atoms with van der Waals surface area (Å²) in [4.78, 5) is 55.5. The number of piperidine rings is 1. The van der Waals surface area contributed by atoms with E-state index < -0.39 is 12.1 Å². The van der Waals surface area contributed by atoms with Gasteiger partial charge in [0.25, 0.3) is 5.91 Å². The van der Waals surface area contributed by atoms with Gasteiger partial charge in [-0.05, 0) is 37.1 Å². The number of hydrogen-bond acceptors (Lipinski definition) is 5. The first-order valence-corrected chi connectivity index (χ1v) is 12.1. The van der Waals surface area contributed by atoms with Crippen LogP contribution >= 0.6 is 11.3 Å². The van der Waals surface area contributed by atoms with Crippen LogP contribution < -0.4 is 10.6 Å². The molecule has 168 valence electrons. The molecule has 0 aromatic carbocycles. The second-order valence-corrected chi connectivity index (χ2v) is 9.55. The van der Waals surface area contributed by atoms with Gasteiger partial charge in [-0.2, -0.15) is 0 Å². The zero-order valence-corrected chi connectivity index (χ0v) is 18.5. The lowest BCUT2D eigenvalue weighted by Crippen LogP contribution is -2.64. The Bertz CT molecular complexity index is 821. The molecule has 3 heterocycles. The Kier molecular flexibility index (Phi) is 6.89. The Labute approximate surface area is 186 Å². The average Bonchev–Trinajstić information content (AvgIpc) is 3.35. The van der Waals surface area contributed by atoms with E-state index >= 15 is 0 Å². The standard InChI is InChI=1S/C22H30N4O4S/c27-19-16(8-4-10-23-19)24-20(28)17-14-25(22(30)18-9-5-13-31-18)11-12-26(17)21(29)15-6-2-1-3-7-15/h5,9,13,15-17H,1-4,6-8,10-12,14H2,(H,23,27)(H,24,28)/t16-,17-/m1/s1. The average molecular weight is 447 g/mol. The van der Waals surface area contributed by atoms with Crippen molar-refractivity contribution in [1.82, 2.24) is 20.4 Å². The molecule has 1 aromatic heterocycles. The fourth-order valence-corrected chi connectivity index (χ4v) is 5.46. The Balaban J connectivity index is 1.50. The number of piperazine rings is 1. The summed E-state index contributed by atoms with van der Waals surface area (Å²) in [5.41, 5.74) is 0. The van der Waals surface area contributed by atoms with Gasteiger partial charge in [0.05, 0.1) is 11.4 Å². The molecule has 0 spiro atoms. The van der Waals surface area contributed by atoms with Gasteiger partial charge in [-0.15, -0.1) is 11.3 Å². The summed E-state index contributed by atoms with van der Waals surface area (Å²) in [6.07, 6.45) is 6.30. The van der Waals surface area contributed by atoms with Crippen LogP contribution in [-0.4, -0.2) is 71.7 Å². The van der Waals surface area contributed by atoms with E-state index in [0.29, 0.717) is 30.9 Å². The van der Waals surface area contributed by atoms with Crippen LogP contribution in [-0.2, 0) is 14.4 Å². The van der Waals surface area contributed by atoms with Gasteiger partial charge in [0, 0.05) is 25.6 Å². The zero-order chi connectivity index (χ0) is 21.8. The van der Waals surface area contributed by atoms with Gasteiger partial charge in [-0.1, -0.05) is 25.3 Å². The molecule has 3 aliphatic rings. The second-order valence-electron chi connectivity index (χ2n) is 8.61. The molecular formula is C22H30N4O4S. The first kappa shape index (κ1) is 21.8. The predicted molar refractivity (Wildman–Crippen MR) is 116 cm³/mol. The van der Waals surface area contributed by atoms with E-state index in [-0.39, 0.29) is 36.1 Å². The van der Waals surface area contributed by atoms with Crippen molar-refractivity contribution in [2.24, 2.45) is 5.92 Å². The number of hydrogen-bond donors (Lipinski definition) is 2. The molecule has 1 aromatic rings. The lowest BCUT2D eigenvalue weighted by atomic mass is 9.87. The fourth-order valence-electron chi connectivity index (χ4n) is 4.77. The predicted octanol–water partition coefficient (Wildman–Crippen LogP) is 1.38. The summed E-state index contributed by atoms with van der Waals surface area (Å²) in [7, 11) is 0. The summed E-state index contributed by atoms with van der Waals surface area (Å²) in [6.45, 7) is 1.50. The normalized spacial score (nSPS) is 25.1. The third kappa shape index (κ3) is 4.92. The molecule has 1 saturated carbocycles. The third-order valence-corrected chi connectivity index (χ3v) is 7.40. The summed E-state index contributed by atoms with van der Waals surface area (Å²) in [5, 5.41) is 7.46. The van der Waals surface area contributed by atoms with Crippen molar-refractivity contribution in [2.75, 3.05) is 26.2 Å². The van der Waals surface area contributed by atoms with E-state index in [2.05, 4.69) is 10.6 Å². The van der Waals surface area contributed by atoms with Crippen LogP contribution in [0.4, 0.5) is 0 Å². The van der Waals surface area contributed by atoms with Gasteiger partial charge in [0.15, 0.2) is 0 Å². The number of amides is 4. The summed E-state index contributed by atoms with van der Waals surface area (Å²) >= 11 is 1.37. The van der Waals surface area contributed by atoms with Gasteiger partial charge in [0.2, 0.25) is 17.7 Å². The highest BCUT2D eigenvalue weighted by Crippen LogP contribution is 2.27. The molecule has 9 heteroatoms. The van der Waals surface area contributed by atoms with E-state index in [4.69, 9.17) is 0 Å². The Morgan fingerprint density at radius 1 is 1.06 bits per heavy atom. The summed E-state index contributed by atoms with van der Waals surface area (Å²) < 4.78 is 0. The molecule has 0 radical (unpaired) electrons. The Morgan fingerprint density at radius 2 is 1.87 bits per heavy atom. The maximum atomic E-state index is 13.3. The molecule has 2 N–H and O–H groups in total. The lowest BCUT2D eigenvalue weighted by Gasteiger charge is -2.42. The molecule has 2 aliphatic heterocycles. The molecule has 0 bridgehead atoms. The maximum Gasteiger partial charge on any atom is 0.264 e. The van der Waals surface area contributed by atoms with Gasteiger partial charge in [-0.25, -0.2) is 0 Å². The quantitative estimate of drug-likeness (QED) is 0.730. The third-order valence-electron chi connectivity index (χ3n) is 6.54. The fraction of sp³-hybridized carbons (Fsp3) is 0.636. The minimum atomic E-state index is -0.776. The Hall–Kier alpha value is -2.42. The van der Waals surface area contributed by atoms with Crippen molar-refractivity contribution in [2.45, 2.75) is 57.0 Å². The highest BCUT2D eigenvalue weighted by Gasteiger charge is 2.40. The zero-order valence-electron chi connectivity index (χ0n) is 17.7. The van der Waals surface area contributed by atoms with Gasteiger partial charge in [0.1, 0.15) is 12.1 Å². The van der Waals surface area contributed by atoms with Crippen LogP contribution in [0.25, 0.3) is 0 Å². The van der Waals surface area contributed by atoms with E-state index in [1.54, 1.807) is 15.9 Å². The number of nitrogens with zero attached hydrogens (tertiary/aromatic N) is 2. The number of nitrogens with one attached hydrogen (secondary N) is 2. The van der Waals surface area contributed by atoms with Gasteiger partial charge < -0.3 is 20.4 Å². The van der Waals surface area contributed by atoms with Gasteiger partial charge in [-0.3, -0.25) is 19.2 Å². The molecule has 1 aliphatic carbocycles. The number of carbonyl (C=O) groups excluding carboxylic acids is 4. The van der Waals surface area contributed by atoms with Gasteiger partial charge >= 0.3 is 0 Å². The van der Waals surface area contributed by atoms with Crippen molar-refractivity contribution in [3.8, 4) is 0 Å². The molecule has 0 unspecified atom stereocenters. The van der Waals surface area contributed by atoms with Crippen LogP contribution in [0.2, 0.25) is 0 Å². The topological polar surface area (TPSA) is 98.8 Å². The number of rotatable bonds is 4. The molecule has 2 saturated heterocycles. The first-order chi connectivity index (χ1) is 15.0. The largest absolute Gasteiger partial charge is 0.354 e. The van der Waals surface area contributed by atoms with E-state index in [1.165, 1.54) is 11.3 Å². The Morgan fingerprint density at radius 3 is 2.58 bits per heavy atom. The monoisotopic (exact) mass is 446 g/mol. The minimum absolute atomic E-state index is 0.0103. The lowest BCUT2D eigenvalue weighted by molar-refractivity contribution is -0.148. The molecule has 4 rings (SSSR count). The maximum absolute atomic E-state index is 13.3. The second kappa shape index (κ2) is 9.80. The van der Waals surface area contributed by atoms with Crippen molar-refractivity contribution < 1.29 is 19.2 Å². The molecule has 3 fully saturated rings. The van der Waals surface area contributed by atoms with Crippen LogP contribution in [0, 0.1) is 5.92 Å². The van der Waals surface area contributed by atoms with E-state index in [9.17, 15) is 19.2 Å². The first-order valence-electron chi connectivity index (χ1n) is 11.3. The highest BCUT2D eigenvalue weighted by atomic mass is 32.1. The van der Waals surface area contributed by atoms with Crippen molar-refractivity contribution in [1.29, 1.82) is 0 Å². The highest BCUT2D eigenvalue weighted by molar-refractivity contribution is 7.12. The van der Waals surface area contributed by atoms with Crippen molar-refractivity contribution in [3.63, 3.8) is 0 Å². The molecular weight excluding hydrogens is 416 g/mol. The number of thiophene rings is 1. The molecule has 31 heavy (non-hydrogen) atoms. The van der Waals surface area contributed by atoms with Crippen LogP contribution in [0.1, 0.15) is 54.6 Å². The molecule has 2 atom stereocenters. The van der Waals surface area contributed by atoms with Crippen LogP contribution in [0.15, 0.2) is 17.5 Å². The van der Waals surface area contributed by atoms with E-state index in [1.807, 2.05) is 11.4 Å². The summed E-state index contributed by atoms with van der Waals surface area (Å²) in [6, 6.07) is 2.23. The smallest absolute Gasteiger partial charge is 0.264 e. The number of carbonyl (C=O) groups is 4. The molecule has 4 amide bonds. The van der Waals surface area contributed by atoms with Crippen molar-refractivity contribution in [3.05, 3.63) is 22.4 Å². The van der Waals surface area contributed by atoms with Crippen molar-refractivity contribution >= 4 is 35.0 Å². The van der Waals surface area contributed by atoms with Crippen LogP contribution in [0.3, 0.4) is 0 Å². The van der Waals surface area contributed by atoms with E-state index in [0.717, 1.165) is 38.5 Å². The van der Waals surface area contributed by atoms with Crippen LogP contribution in [0.5, 0.6) is 0 Å². The minimum Gasteiger partial charge on any atom is -0.354 e. The summed E-state index contributed by atoms with van der Waals surface area (Å²) in [5.74, 6) is -0.701. The molecule has 8 nitrogen and oxygen atoms in total. The SMILES string of the molecule is O=C(N[C@@H]1CCCNC1=O)[C@H]1CN(C(=O)c2cccs2)CCN1C(=O)C1CCCCC1.